The zero-order valence-electron chi connectivity index (χ0n) is 12.3. The lowest BCUT2D eigenvalue weighted by molar-refractivity contribution is -0.143. The summed E-state index contributed by atoms with van der Waals surface area (Å²) in [5.41, 5.74) is 2.40. The highest BCUT2D eigenvalue weighted by Crippen LogP contribution is 2.17. The predicted molar refractivity (Wildman–Crippen MR) is 78.4 cm³/mol. The van der Waals surface area contributed by atoms with Crippen LogP contribution in [0.3, 0.4) is 0 Å². The molecule has 0 heterocycles. The zero-order chi connectivity index (χ0) is 14.3. The topological polar surface area (TPSA) is 41.6 Å². The molecule has 0 saturated heterocycles. The van der Waals surface area contributed by atoms with Crippen molar-refractivity contribution in [1.82, 2.24) is 5.32 Å². The lowest BCUT2D eigenvalue weighted by Gasteiger charge is -2.16. The van der Waals surface area contributed by atoms with Gasteiger partial charge in [-0.1, -0.05) is 12.1 Å². The molecule has 0 aliphatic carbocycles. The van der Waals surface area contributed by atoms with E-state index in [1.807, 2.05) is 21.0 Å². The Balaban J connectivity index is 2.40. The van der Waals surface area contributed by atoms with Gasteiger partial charge in [0.2, 0.25) is 0 Å². The Morgan fingerprint density at radius 1 is 1.32 bits per heavy atom. The van der Waals surface area contributed by atoms with Gasteiger partial charge in [0.25, 0.3) is 0 Å². The molecular weight excluding hydrogens is 240 g/mol. The molecular formula is C15H24N2O2. The molecule has 1 atom stereocenters. The van der Waals surface area contributed by atoms with Gasteiger partial charge >= 0.3 is 5.97 Å². The average molecular weight is 264 g/mol. The first kappa shape index (κ1) is 15.5. The number of anilines is 1. The third-order valence-corrected chi connectivity index (χ3v) is 2.99. The van der Waals surface area contributed by atoms with E-state index in [0.29, 0.717) is 19.6 Å². The molecule has 1 rings (SSSR count). The van der Waals surface area contributed by atoms with Crippen LogP contribution in [0.2, 0.25) is 0 Å². The second-order valence-electron chi connectivity index (χ2n) is 4.72. The number of carbonyl (C=O) groups is 1. The Labute approximate surface area is 115 Å². The van der Waals surface area contributed by atoms with Crippen LogP contribution in [0.15, 0.2) is 24.3 Å². The van der Waals surface area contributed by atoms with Crippen LogP contribution in [0, 0.1) is 0 Å². The van der Waals surface area contributed by atoms with Crippen LogP contribution in [-0.2, 0) is 9.53 Å². The van der Waals surface area contributed by atoms with Gasteiger partial charge in [-0.3, -0.25) is 4.79 Å². The summed E-state index contributed by atoms with van der Waals surface area (Å²) in [6, 6.07) is 8.64. The fourth-order valence-electron chi connectivity index (χ4n) is 1.80. The second kappa shape index (κ2) is 7.79. The number of benzene rings is 1. The van der Waals surface area contributed by atoms with E-state index in [2.05, 4.69) is 41.4 Å². The number of ether oxygens (including phenoxy) is 1. The second-order valence-corrected chi connectivity index (χ2v) is 4.72. The van der Waals surface area contributed by atoms with Crippen molar-refractivity contribution in [2.24, 2.45) is 0 Å². The number of hydrogen-bond acceptors (Lipinski definition) is 4. The first-order chi connectivity index (χ1) is 9.04. The van der Waals surface area contributed by atoms with Crippen molar-refractivity contribution in [3.8, 4) is 0 Å². The van der Waals surface area contributed by atoms with Gasteiger partial charge in [0.05, 0.1) is 13.0 Å². The van der Waals surface area contributed by atoms with Gasteiger partial charge in [-0.25, -0.2) is 0 Å². The first-order valence-electron chi connectivity index (χ1n) is 6.71. The van der Waals surface area contributed by atoms with E-state index in [1.165, 1.54) is 11.3 Å². The highest BCUT2D eigenvalue weighted by molar-refractivity contribution is 5.69. The summed E-state index contributed by atoms with van der Waals surface area (Å²) in [6.45, 7) is 4.99. The molecule has 0 aromatic heterocycles. The number of hydrogen-bond donors (Lipinski definition) is 1. The molecule has 0 radical (unpaired) electrons. The summed E-state index contributed by atoms with van der Waals surface area (Å²) in [5.74, 6) is -0.148. The molecule has 0 aliphatic heterocycles. The zero-order valence-corrected chi connectivity index (χ0v) is 12.3. The van der Waals surface area contributed by atoms with Gasteiger partial charge < -0.3 is 15.0 Å². The minimum atomic E-state index is -0.148. The van der Waals surface area contributed by atoms with E-state index in [-0.39, 0.29) is 12.0 Å². The molecule has 4 nitrogen and oxygen atoms in total. The number of esters is 1. The molecule has 0 spiro atoms. The lowest BCUT2D eigenvalue weighted by atomic mass is 10.1. The van der Waals surface area contributed by atoms with Crippen molar-refractivity contribution in [2.75, 3.05) is 32.1 Å². The summed E-state index contributed by atoms with van der Waals surface area (Å²) in [6.07, 6.45) is 0.411. The Morgan fingerprint density at radius 2 is 1.95 bits per heavy atom. The molecule has 1 N–H and O–H groups in total. The largest absolute Gasteiger partial charge is 0.466 e. The van der Waals surface area contributed by atoms with Crippen LogP contribution < -0.4 is 10.2 Å². The van der Waals surface area contributed by atoms with E-state index >= 15 is 0 Å². The fourth-order valence-corrected chi connectivity index (χ4v) is 1.80. The van der Waals surface area contributed by atoms with E-state index < -0.39 is 0 Å². The first-order valence-corrected chi connectivity index (χ1v) is 6.71. The molecule has 1 unspecified atom stereocenters. The standard InChI is InChI=1S/C15H24N2O2/c1-5-19-15(18)10-11-16-12(2)13-6-8-14(9-7-13)17(3)4/h6-9,12,16H,5,10-11H2,1-4H3. The van der Waals surface area contributed by atoms with E-state index in [4.69, 9.17) is 4.74 Å². The molecule has 1 aromatic rings. The van der Waals surface area contributed by atoms with Gasteiger partial charge in [-0.15, -0.1) is 0 Å². The maximum atomic E-state index is 11.2. The molecule has 0 saturated carbocycles. The quantitative estimate of drug-likeness (QED) is 0.768. The highest BCUT2D eigenvalue weighted by Gasteiger charge is 2.07. The molecule has 0 bridgehead atoms. The molecule has 106 valence electrons. The molecule has 0 aliphatic rings. The molecule has 0 fully saturated rings. The predicted octanol–water partition coefficient (Wildman–Crippen LogP) is 2.36. The number of rotatable bonds is 7. The lowest BCUT2D eigenvalue weighted by Crippen LogP contribution is -2.22. The van der Waals surface area contributed by atoms with Crippen LogP contribution in [0.5, 0.6) is 0 Å². The number of nitrogens with one attached hydrogen (secondary N) is 1. The van der Waals surface area contributed by atoms with Gasteiger partial charge in [-0.2, -0.15) is 0 Å². The third kappa shape index (κ3) is 5.30. The van der Waals surface area contributed by atoms with Crippen molar-refractivity contribution >= 4 is 11.7 Å². The Bertz CT molecular complexity index is 388. The minimum Gasteiger partial charge on any atom is -0.466 e. The van der Waals surface area contributed by atoms with Crippen LogP contribution in [-0.4, -0.2) is 33.2 Å². The Morgan fingerprint density at radius 3 is 2.47 bits per heavy atom. The van der Waals surface area contributed by atoms with Gasteiger partial charge in [0, 0.05) is 32.4 Å². The number of nitrogens with zero attached hydrogens (tertiary/aromatic N) is 1. The van der Waals surface area contributed by atoms with E-state index in [1.54, 1.807) is 0 Å². The van der Waals surface area contributed by atoms with Crippen molar-refractivity contribution in [3.05, 3.63) is 29.8 Å². The van der Waals surface area contributed by atoms with Gasteiger partial charge in [0.1, 0.15) is 0 Å². The van der Waals surface area contributed by atoms with E-state index in [0.717, 1.165) is 0 Å². The summed E-state index contributed by atoms with van der Waals surface area (Å²) in [4.78, 5) is 13.3. The maximum Gasteiger partial charge on any atom is 0.307 e. The van der Waals surface area contributed by atoms with Crippen LogP contribution in [0.1, 0.15) is 31.9 Å². The Kier molecular flexibility index (Phi) is 6.36. The molecule has 19 heavy (non-hydrogen) atoms. The maximum absolute atomic E-state index is 11.2. The molecule has 0 amide bonds. The third-order valence-electron chi connectivity index (χ3n) is 2.99. The number of carbonyl (C=O) groups excluding carboxylic acids is 1. The van der Waals surface area contributed by atoms with Gasteiger partial charge in [0.15, 0.2) is 0 Å². The van der Waals surface area contributed by atoms with Crippen molar-refractivity contribution < 1.29 is 9.53 Å². The average Bonchev–Trinajstić information content (AvgIpc) is 2.39. The SMILES string of the molecule is CCOC(=O)CCNC(C)c1ccc(N(C)C)cc1. The summed E-state index contributed by atoms with van der Waals surface area (Å²) < 4.78 is 4.89. The summed E-state index contributed by atoms with van der Waals surface area (Å²) >= 11 is 0. The summed E-state index contributed by atoms with van der Waals surface area (Å²) in [5, 5.41) is 3.32. The molecule has 1 aromatic carbocycles. The smallest absolute Gasteiger partial charge is 0.307 e. The van der Waals surface area contributed by atoms with Crippen molar-refractivity contribution in [2.45, 2.75) is 26.3 Å². The fraction of sp³-hybridized carbons (Fsp3) is 0.533. The van der Waals surface area contributed by atoms with Crippen LogP contribution in [0.25, 0.3) is 0 Å². The monoisotopic (exact) mass is 264 g/mol. The van der Waals surface area contributed by atoms with E-state index in [9.17, 15) is 4.79 Å². The highest BCUT2D eigenvalue weighted by atomic mass is 16.5. The van der Waals surface area contributed by atoms with Crippen LogP contribution >= 0.6 is 0 Å². The normalized spacial score (nSPS) is 12.0. The van der Waals surface area contributed by atoms with Crippen LogP contribution in [0.4, 0.5) is 5.69 Å². The van der Waals surface area contributed by atoms with Crippen molar-refractivity contribution in [3.63, 3.8) is 0 Å². The minimum absolute atomic E-state index is 0.148. The van der Waals surface area contributed by atoms with Crippen molar-refractivity contribution in [1.29, 1.82) is 0 Å². The molecule has 4 heteroatoms. The summed E-state index contributed by atoms with van der Waals surface area (Å²) in [7, 11) is 4.05. The Hall–Kier alpha value is -1.55. The van der Waals surface area contributed by atoms with Gasteiger partial charge in [-0.05, 0) is 31.5 Å².